The molecule has 2 nitrogen and oxygen atoms in total. The quantitative estimate of drug-likeness (QED) is 0.213. The van der Waals surface area contributed by atoms with Crippen LogP contribution < -0.4 is 9.80 Å². The maximum atomic E-state index is 2.34. The molecule has 0 aliphatic carbocycles. The van der Waals surface area contributed by atoms with Crippen LogP contribution in [-0.2, 0) is 0 Å². The van der Waals surface area contributed by atoms with Gasteiger partial charge in [-0.15, -0.1) is 0 Å². The largest absolute Gasteiger partial charge is 0.345 e. The molecule has 0 heterocycles. The summed E-state index contributed by atoms with van der Waals surface area (Å²) in [5.41, 5.74) is 8.13. The number of hydrogen-bond acceptors (Lipinski definition) is 2. The third-order valence-electron chi connectivity index (χ3n) is 7.84. The molecule has 0 atom stereocenters. The molecule has 7 rings (SSSR count). The van der Waals surface area contributed by atoms with Gasteiger partial charge in [0, 0.05) is 35.5 Å². The summed E-state index contributed by atoms with van der Waals surface area (Å²) in [6.45, 7) is 0. The van der Waals surface area contributed by atoms with E-state index in [-0.39, 0.29) is 0 Å². The lowest BCUT2D eigenvalue weighted by Gasteiger charge is -2.27. The smallest absolute Gasteiger partial charge is 0.0468 e. The van der Waals surface area contributed by atoms with Gasteiger partial charge >= 0.3 is 0 Å². The van der Waals surface area contributed by atoms with E-state index < -0.39 is 0 Å². The summed E-state index contributed by atoms with van der Waals surface area (Å²) in [5, 5.41) is 4.94. The van der Waals surface area contributed by atoms with Gasteiger partial charge in [0.1, 0.15) is 0 Å². The normalized spacial score (nSPS) is 11.0. The van der Waals surface area contributed by atoms with Crippen molar-refractivity contribution in [2.45, 2.75) is 0 Å². The van der Waals surface area contributed by atoms with Crippen molar-refractivity contribution in [1.82, 2.24) is 0 Å². The fourth-order valence-electron chi connectivity index (χ4n) is 5.56. The van der Waals surface area contributed by atoms with Gasteiger partial charge in [-0.3, -0.25) is 0 Å². The molecule has 0 saturated heterocycles. The molecule has 2 heteroatoms. The standard InChI is InChI=1S/C39H30N2/c1-40(35-19-15-32(16-20-35)29-9-3-2-4-10-29)36-23-25-37(26-24-36)41(38-21-17-30-11-5-7-13-33(30)27-38)39-22-18-31-12-6-8-14-34(31)28-39/h2-28H,1H3. The van der Waals surface area contributed by atoms with Gasteiger partial charge in [-0.1, -0.05) is 103 Å². The molecule has 196 valence electrons. The number of anilines is 5. The summed E-state index contributed by atoms with van der Waals surface area (Å²) < 4.78 is 0. The van der Waals surface area contributed by atoms with Gasteiger partial charge in [0.25, 0.3) is 0 Å². The van der Waals surface area contributed by atoms with Gasteiger partial charge < -0.3 is 9.80 Å². The minimum absolute atomic E-state index is 1.12. The molecule has 0 radical (unpaired) electrons. The average molecular weight is 527 g/mol. The van der Waals surface area contributed by atoms with Crippen LogP contribution in [0.5, 0.6) is 0 Å². The number of hydrogen-bond donors (Lipinski definition) is 0. The van der Waals surface area contributed by atoms with Crippen LogP contribution in [0.4, 0.5) is 28.4 Å². The van der Waals surface area contributed by atoms with Crippen LogP contribution in [0.15, 0.2) is 164 Å². The van der Waals surface area contributed by atoms with E-state index in [9.17, 15) is 0 Å². The van der Waals surface area contributed by atoms with Crippen LogP contribution in [0.3, 0.4) is 0 Å². The zero-order chi connectivity index (χ0) is 27.6. The van der Waals surface area contributed by atoms with E-state index in [1.165, 1.54) is 32.7 Å². The van der Waals surface area contributed by atoms with E-state index in [1.54, 1.807) is 0 Å². The van der Waals surface area contributed by atoms with Crippen LogP contribution in [0, 0.1) is 0 Å². The average Bonchev–Trinajstić information content (AvgIpc) is 3.05. The van der Waals surface area contributed by atoms with Crippen molar-refractivity contribution in [3.63, 3.8) is 0 Å². The summed E-state index contributed by atoms with van der Waals surface area (Å²) in [7, 11) is 2.12. The molecule has 0 bridgehead atoms. The Bertz CT molecular complexity index is 1860. The van der Waals surface area contributed by atoms with Crippen molar-refractivity contribution in [3.8, 4) is 11.1 Å². The number of nitrogens with zero attached hydrogens (tertiary/aromatic N) is 2. The Hall–Kier alpha value is -5.34. The molecule has 0 fully saturated rings. The number of benzene rings is 7. The van der Waals surface area contributed by atoms with E-state index in [2.05, 4.69) is 181 Å². The van der Waals surface area contributed by atoms with Crippen molar-refractivity contribution in [1.29, 1.82) is 0 Å². The first-order chi connectivity index (χ1) is 20.2. The summed E-state index contributed by atoms with van der Waals surface area (Å²) in [6, 6.07) is 58.6. The Labute approximate surface area is 241 Å². The van der Waals surface area contributed by atoms with Crippen molar-refractivity contribution in [2.24, 2.45) is 0 Å². The van der Waals surface area contributed by atoms with Gasteiger partial charge in [0.15, 0.2) is 0 Å². The van der Waals surface area contributed by atoms with Crippen LogP contribution in [-0.4, -0.2) is 7.05 Å². The highest BCUT2D eigenvalue weighted by molar-refractivity contribution is 5.92. The van der Waals surface area contributed by atoms with Crippen LogP contribution >= 0.6 is 0 Å². The van der Waals surface area contributed by atoms with Crippen LogP contribution in [0.25, 0.3) is 32.7 Å². The lowest BCUT2D eigenvalue weighted by molar-refractivity contribution is 1.20. The zero-order valence-electron chi connectivity index (χ0n) is 23.0. The SMILES string of the molecule is CN(c1ccc(-c2ccccc2)cc1)c1ccc(N(c2ccc3ccccc3c2)c2ccc3ccccc3c2)cc1. The van der Waals surface area contributed by atoms with E-state index in [0.29, 0.717) is 0 Å². The lowest BCUT2D eigenvalue weighted by atomic mass is 10.1. The predicted octanol–water partition coefficient (Wildman–Crippen LogP) is 10.9. The molecule has 0 aromatic heterocycles. The second-order valence-corrected chi connectivity index (χ2v) is 10.4. The Balaban J connectivity index is 1.24. The van der Waals surface area contributed by atoms with Crippen molar-refractivity contribution < 1.29 is 0 Å². The zero-order valence-corrected chi connectivity index (χ0v) is 23.0. The topological polar surface area (TPSA) is 6.48 Å². The molecule has 41 heavy (non-hydrogen) atoms. The molecular weight excluding hydrogens is 496 g/mol. The maximum Gasteiger partial charge on any atom is 0.0468 e. The highest BCUT2D eigenvalue weighted by Crippen LogP contribution is 2.38. The second kappa shape index (κ2) is 10.7. The molecule has 0 N–H and O–H groups in total. The van der Waals surface area contributed by atoms with E-state index in [4.69, 9.17) is 0 Å². The van der Waals surface area contributed by atoms with E-state index >= 15 is 0 Å². The molecule has 7 aromatic rings. The molecule has 0 aliphatic heterocycles. The van der Waals surface area contributed by atoms with Gasteiger partial charge in [-0.25, -0.2) is 0 Å². The van der Waals surface area contributed by atoms with Gasteiger partial charge in [0.2, 0.25) is 0 Å². The van der Waals surface area contributed by atoms with Gasteiger partial charge in [-0.2, -0.15) is 0 Å². The maximum absolute atomic E-state index is 2.34. The second-order valence-electron chi connectivity index (χ2n) is 10.4. The highest BCUT2D eigenvalue weighted by atomic mass is 15.1. The molecule has 7 aromatic carbocycles. The number of rotatable bonds is 6. The summed E-state index contributed by atoms with van der Waals surface area (Å²) in [6.07, 6.45) is 0. The van der Waals surface area contributed by atoms with Gasteiger partial charge in [-0.05, 0) is 93.3 Å². The van der Waals surface area contributed by atoms with Gasteiger partial charge in [0.05, 0.1) is 0 Å². The van der Waals surface area contributed by atoms with Crippen molar-refractivity contribution >= 4 is 50.0 Å². The molecule has 0 saturated carbocycles. The third-order valence-corrected chi connectivity index (χ3v) is 7.84. The third kappa shape index (κ3) is 4.92. The first kappa shape index (κ1) is 24.7. The monoisotopic (exact) mass is 526 g/mol. The Morgan fingerprint density at radius 1 is 0.317 bits per heavy atom. The van der Waals surface area contributed by atoms with Crippen molar-refractivity contribution in [2.75, 3.05) is 16.8 Å². The Morgan fingerprint density at radius 2 is 0.707 bits per heavy atom. The van der Waals surface area contributed by atoms with Crippen molar-refractivity contribution in [3.05, 3.63) is 164 Å². The first-order valence-electron chi connectivity index (χ1n) is 14.0. The van der Waals surface area contributed by atoms with E-state index in [1.807, 2.05) is 0 Å². The minimum Gasteiger partial charge on any atom is -0.345 e. The Kier molecular flexibility index (Phi) is 6.42. The molecule has 0 amide bonds. The van der Waals surface area contributed by atoms with Crippen LogP contribution in [0.2, 0.25) is 0 Å². The molecule has 0 spiro atoms. The summed E-state index contributed by atoms with van der Waals surface area (Å²) >= 11 is 0. The minimum atomic E-state index is 1.12. The molecule has 0 unspecified atom stereocenters. The molecule has 0 aliphatic rings. The summed E-state index contributed by atoms with van der Waals surface area (Å²) in [5.74, 6) is 0. The molecular formula is C39H30N2. The summed E-state index contributed by atoms with van der Waals surface area (Å²) in [4.78, 5) is 4.58. The Morgan fingerprint density at radius 3 is 1.24 bits per heavy atom. The van der Waals surface area contributed by atoms with Crippen LogP contribution in [0.1, 0.15) is 0 Å². The first-order valence-corrected chi connectivity index (χ1v) is 14.0. The fraction of sp³-hybridized carbons (Fsp3) is 0.0256. The highest BCUT2D eigenvalue weighted by Gasteiger charge is 2.15. The number of fused-ring (bicyclic) bond motifs is 2. The predicted molar refractivity (Wildman–Crippen MR) is 176 cm³/mol. The fourth-order valence-corrected chi connectivity index (χ4v) is 5.56. The lowest BCUT2D eigenvalue weighted by Crippen LogP contribution is -2.12. The van der Waals surface area contributed by atoms with E-state index in [0.717, 1.165) is 28.4 Å².